The topological polar surface area (TPSA) is 63.5 Å². The van der Waals surface area contributed by atoms with Crippen LogP contribution >= 0.6 is 0 Å². The maximum Gasteiger partial charge on any atom is 0.292 e. The molecule has 158 valence electrons. The second-order valence-electron chi connectivity index (χ2n) is 7.54. The zero-order chi connectivity index (χ0) is 21.1. The smallest absolute Gasteiger partial charge is 0.292 e. The molecule has 0 spiro atoms. The molecule has 1 atom stereocenters. The Labute approximate surface area is 176 Å². The molecule has 0 radical (unpaired) electrons. The number of piperazine rings is 1. The van der Waals surface area contributed by atoms with Crippen LogP contribution in [0.1, 0.15) is 13.3 Å². The van der Waals surface area contributed by atoms with Gasteiger partial charge in [0.25, 0.3) is 5.91 Å². The molecule has 1 N–H and O–H groups in total. The molecule has 7 heteroatoms. The third-order valence-corrected chi connectivity index (χ3v) is 5.88. The summed E-state index contributed by atoms with van der Waals surface area (Å²) in [5.41, 5.74) is 1.61. The molecule has 2 aromatic carbocycles. The van der Waals surface area contributed by atoms with E-state index in [4.69, 9.17) is 9.47 Å². The summed E-state index contributed by atoms with van der Waals surface area (Å²) < 4.78 is 11.1. The molecule has 30 heavy (non-hydrogen) atoms. The Balaban J connectivity index is 1.46. The van der Waals surface area contributed by atoms with Crippen LogP contribution in [0.2, 0.25) is 0 Å². The third-order valence-electron chi connectivity index (χ3n) is 5.88. The van der Waals surface area contributed by atoms with E-state index in [0.29, 0.717) is 18.0 Å². The number of benzene rings is 2. The van der Waals surface area contributed by atoms with E-state index in [1.807, 2.05) is 37.3 Å². The van der Waals surface area contributed by atoms with Gasteiger partial charge in [0.2, 0.25) is 5.91 Å². The summed E-state index contributed by atoms with van der Waals surface area (Å²) >= 11 is 0. The molecule has 2 aromatic rings. The molecule has 2 aliphatic heterocycles. The summed E-state index contributed by atoms with van der Waals surface area (Å²) in [7, 11) is 1.55. The standard InChI is InChI=1S/C23H27N3O4/c1-3-30-21-11-7-4-8-17(21)24-12-14-25(15-13-24)19-16-22(27)26(23(19)28)18-9-5-6-10-20(18)29-2/h4-11,19H,3,12-16H2,1-2H3/p+1/t19-/m0/s1. The van der Waals surface area contributed by atoms with Crippen molar-refractivity contribution >= 4 is 23.2 Å². The first-order valence-corrected chi connectivity index (χ1v) is 10.4. The third kappa shape index (κ3) is 3.73. The maximum absolute atomic E-state index is 13.2. The number of ether oxygens (including phenoxy) is 2. The van der Waals surface area contributed by atoms with E-state index in [1.165, 1.54) is 4.90 Å². The van der Waals surface area contributed by atoms with Crippen molar-refractivity contribution in [1.29, 1.82) is 0 Å². The van der Waals surface area contributed by atoms with E-state index >= 15 is 0 Å². The molecule has 0 bridgehead atoms. The number of carbonyl (C=O) groups is 2. The fourth-order valence-corrected chi connectivity index (χ4v) is 4.40. The summed E-state index contributed by atoms with van der Waals surface area (Å²) in [5, 5.41) is 0. The highest BCUT2D eigenvalue weighted by molar-refractivity contribution is 6.22. The average Bonchev–Trinajstić information content (AvgIpc) is 3.08. The Hall–Kier alpha value is -3.06. The SMILES string of the molecule is CCOc1ccccc1N1CC[NH+]([C@H]2CC(=O)N(c3ccccc3OC)C2=O)CC1. The lowest BCUT2D eigenvalue weighted by Crippen LogP contribution is -3.19. The van der Waals surface area contributed by atoms with Crippen molar-refractivity contribution in [2.45, 2.75) is 19.4 Å². The number of hydrogen-bond donors (Lipinski definition) is 1. The van der Waals surface area contributed by atoms with Crippen LogP contribution in [0.4, 0.5) is 11.4 Å². The van der Waals surface area contributed by atoms with Gasteiger partial charge in [-0.1, -0.05) is 24.3 Å². The number of rotatable bonds is 6. The van der Waals surface area contributed by atoms with Gasteiger partial charge < -0.3 is 19.3 Å². The van der Waals surface area contributed by atoms with Gasteiger partial charge in [-0.3, -0.25) is 9.59 Å². The van der Waals surface area contributed by atoms with Crippen LogP contribution in [-0.4, -0.2) is 57.8 Å². The molecular weight excluding hydrogens is 382 g/mol. The lowest BCUT2D eigenvalue weighted by Gasteiger charge is -2.36. The number of methoxy groups -OCH3 is 1. The summed E-state index contributed by atoms with van der Waals surface area (Å²) in [6.07, 6.45) is 0.238. The predicted octanol–water partition coefficient (Wildman–Crippen LogP) is 1.13. The summed E-state index contributed by atoms with van der Waals surface area (Å²) in [6.45, 7) is 5.82. The minimum Gasteiger partial charge on any atom is -0.495 e. The maximum atomic E-state index is 13.2. The van der Waals surface area contributed by atoms with Crippen LogP contribution in [-0.2, 0) is 9.59 Å². The molecule has 2 fully saturated rings. The van der Waals surface area contributed by atoms with Gasteiger partial charge in [0.05, 0.1) is 57.7 Å². The zero-order valence-corrected chi connectivity index (χ0v) is 17.5. The van der Waals surface area contributed by atoms with Crippen molar-refractivity contribution in [1.82, 2.24) is 0 Å². The van der Waals surface area contributed by atoms with Gasteiger partial charge in [-0.05, 0) is 31.2 Å². The second-order valence-corrected chi connectivity index (χ2v) is 7.54. The van der Waals surface area contributed by atoms with Gasteiger partial charge >= 0.3 is 0 Å². The highest BCUT2D eigenvalue weighted by Crippen LogP contribution is 2.31. The molecule has 2 heterocycles. The van der Waals surface area contributed by atoms with Gasteiger partial charge in [-0.25, -0.2) is 4.90 Å². The van der Waals surface area contributed by atoms with E-state index in [2.05, 4.69) is 11.0 Å². The molecule has 0 saturated carbocycles. The lowest BCUT2D eigenvalue weighted by molar-refractivity contribution is -0.915. The van der Waals surface area contributed by atoms with Crippen molar-refractivity contribution in [3.8, 4) is 11.5 Å². The number of para-hydroxylation sites is 4. The predicted molar refractivity (Wildman–Crippen MR) is 114 cm³/mol. The van der Waals surface area contributed by atoms with Crippen LogP contribution in [0.3, 0.4) is 0 Å². The van der Waals surface area contributed by atoms with Gasteiger partial charge in [0.15, 0.2) is 6.04 Å². The van der Waals surface area contributed by atoms with Crippen molar-refractivity contribution < 1.29 is 24.0 Å². The Bertz CT molecular complexity index is 924. The Morgan fingerprint density at radius 2 is 1.60 bits per heavy atom. The van der Waals surface area contributed by atoms with E-state index in [9.17, 15) is 9.59 Å². The molecule has 2 saturated heterocycles. The molecule has 0 aliphatic carbocycles. The van der Waals surface area contributed by atoms with Gasteiger partial charge in [-0.2, -0.15) is 0 Å². The summed E-state index contributed by atoms with van der Waals surface area (Å²) in [6, 6.07) is 14.9. The first-order chi connectivity index (χ1) is 14.6. The highest BCUT2D eigenvalue weighted by Gasteiger charge is 2.47. The molecule has 7 nitrogen and oxygen atoms in total. The van der Waals surface area contributed by atoms with Crippen LogP contribution in [0.25, 0.3) is 0 Å². The molecule has 4 rings (SSSR count). The van der Waals surface area contributed by atoms with E-state index in [-0.39, 0.29) is 24.3 Å². The Morgan fingerprint density at radius 3 is 2.27 bits per heavy atom. The van der Waals surface area contributed by atoms with E-state index in [0.717, 1.165) is 42.5 Å². The second kappa shape index (κ2) is 8.75. The van der Waals surface area contributed by atoms with Gasteiger partial charge in [0, 0.05) is 0 Å². The van der Waals surface area contributed by atoms with Crippen LogP contribution in [0.15, 0.2) is 48.5 Å². The zero-order valence-electron chi connectivity index (χ0n) is 17.5. The number of imide groups is 1. The first kappa shape index (κ1) is 20.2. The normalized spacial score (nSPS) is 20.0. The van der Waals surface area contributed by atoms with Crippen molar-refractivity contribution in [2.24, 2.45) is 0 Å². The van der Waals surface area contributed by atoms with Crippen LogP contribution < -0.4 is 24.2 Å². The van der Waals surface area contributed by atoms with E-state index < -0.39 is 0 Å². The molecular formula is C23H28N3O4+. The number of carbonyl (C=O) groups excluding carboxylic acids is 2. The van der Waals surface area contributed by atoms with Gasteiger partial charge in [0.1, 0.15) is 11.5 Å². The quantitative estimate of drug-likeness (QED) is 0.724. The minimum atomic E-state index is -0.341. The summed E-state index contributed by atoms with van der Waals surface area (Å²) in [5.74, 6) is 1.12. The van der Waals surface area contributed by atoms with Crippen molar-refractivity contribution in [2.75, 3.05) is 49.7 Å². The highest BCUT2D eigenvalue weighted by atomic mass is 16.5. The van der Waals surface area contributed by atoms with Crippen molar-refractivity contribution in [3.05, 3.63) is 48.5 Å². The summed E-state index contributed by atoms with van der Waals surface area (Å²) in [4.78, 5) is 30.6. The molecule has 0 aromatic heterocycles. The Kier molecular flexibility index (Phi) is 5.90. The molecule has 0 unspecified atom stereocenters. The lowest BCUT2D eigenvalue weighted by atomic mass is 10.1. The van der Waals surface area contributed by atoms with Gasteiger partial charge in [-0.15, -0.1) is 0 Å². The average molecular weight is 410 g/mol. The minimum absolute atomic E-state index is 0.136. The number of hydrogen-bond acceptors (Lipinski definition) is 5. The number of quaternary nitrogens is 1. The number of amides is 2. The van der Waals surface area contributed by atoms with Crippen molar-refractivity contribution in [3.63, 3.8) is 0 Å². The largest absolute Gasteiger partial charge is 0.495 e. The molecule has 2 amide bonds. The first-order valence-electron chi connectivity index (χ1n) is 10.4. The van der Waals surface area contributed by atoms with E-state index in [1.54, 1.807) is 19.2 Å². The number of nitrogens with one attached hydrogen (secondary N) is 1. The monoisotopic (exact) mass is 410 g/mol. The fraction of sp³-hybridized carbons (Fsp3) is 0.391. The van der Waals surface area contributed by atoms with Crippen LogP contribution in [0.5, 0.6) is 11.5 Å². The number of anilines is 2. The fourth-order valence-electron chi connectivity index (χ4n) is 4.40. The number of nitrogens with zero attached hydrogens (tertiary/aromatic N) is 2. The molecule has 2 aliphatic rings. The Morgan fingerprint density at radius 1 is 0.967 bits per heavy atom. The van der Waals surface area contributed by atoms with Crippen LogP contribution in [0, 0.1) is 0 Å².